The van der Waals surface area contributed by atoms with E-state index in [-0.39, 0.29) is 12.1 Å². The van der Waals surface area contributed by atoms with E-state index < -0.39 is 0 Å². The standard InChI is InChI=1S/C10H19IN2O/c1-2-3-8(14)10-9(11)7(4-5-12)6-13-10/h6,8-10,13-14H,2-5,12H2,1H3. The summed E-state index contributed by atoms with van der Waals surface area (Å²) in [6, 6.07) is 0.178. The first-order valence-corrected chi connectivity index (χ1v) is 6.42. The molecule has 82 valence electrons. The zero-order valence-electron chi connectivity index (χ0n) is 8.54. The molecule has 0 aromatic heterocycles. The average molecular weight is 310 g/mol. The Balaban J connectivity index is 2.46. The van der Waals surface area contributed by atoms with Crippen LogP contribution in [0.1, 0.15) is 26.2 Å². The van der Waals surface area contributed by atoms with Crippen molar-refractivity contribution in [1.29, 1.82) is 0 Å². The Morgan fingerprint density at radius 2 is 2.43 bits per heavy atom. The number of alkyl halides is 1. The van der Waals surface area contributed by atoms with Crippen LogP contribution < -0.4 is 11.1 Å². The van der Waals surface area contributed by atoms with Gasteiger partial charge in [-0.1, -0.05) is 35.9 Å². The average Bonchev–Trinajstić information content (AvgIpc) is 2.49. The molecule has 4 heteroatoms. The van der Waals surface area contributed by atoms with Crippen molar-refractivity contribution in [3.8, 4) is 0 Å². The van der Waals surface area contributed by atoms with Gasteiger partial charge in [-0.3, -0.25) is 0 Å². The Hall–Kier alpha value is 0.190. The molecule has 1 aliphatic rings. The SMILES string of the molecule is CCCC(O)C1NC=C(CCN)C1I. The molecule has 14 heavy (non-hydrogen) atoms. The first kappa shape index (κ1) is 12.3. The van der Waals surface area contributed by atoms with Crippen LogP contribution in [0.15, 0.2) is 11.8 Å². The minimum atomic E-state index is -0.242. The van der Waals surface area contributed by atoms with Crippen molar-refractivity contribution in [2.45, 2.75) is 42.3 Å². The molecule has 4 N–H and O–H groups in total. The van der Waals surface area contributed by atoms with Crippen molar-refractivity contribution in [1.82, 2.24) is 5.32 Å². The van der Waals surface area contributed by atoms with Crippen LogP contribution >= 0.6 is 22.6 Å². The molecule has 0 fully saturated rings. The van der Waals surface area contributed by atoms with Crippen LogP contribution in [0.4, 0.5) is 0 Å². The summed E-state index contributed by atoms with van der Waals surface area (Å²) in [5.74, 6) is 0. The summed E-state index contributed by atoms with van der Waals surface area (Å²) < 4.78 is 0.387. The number of halogens is 1. The highest BCUT2D eigenvalue weighted by molar-refractivity contribution is 14.1. The lowest BCUT2D eigenvalue weighted by atomic mass is 10.0. The van der Waals surface area contributed by atoms with Crippen molar-refractivity contribution in [2.75, 3.05) is 6.54 Å². The Labute approximate surface area is 99.3 Å². The van der Waals surface area contributed by atoms with Crippen molar-refractivity contribution in [2.24, 2.45) is 5.73 Å². The van der Waals surface area contributed by atoms with Crippen LogP contribution in [0.25, 0.3) is 0 Å². The van der Waals surface area contributed by atoms with Crippen LogP contribution in [0.5, 0.6) is 0 Å². The lowest BCUT2D eigenvalue weighted by Gasteiger charge is -2.22. The fourth-order valence-corrected chi connectivity index (χ4v) is 2.93. The van der Waals surface area contributed by atoms with Crippen molar-refractivity contribution >= 4 is 22.6 Å². The van der Waals surface area contributed by atoms with Crippen LogP contribution in [0, 0.1) is 0 Å². The van der Waals surface area contributed by atoms with E-state index in [1.165, 1.54) is 5.57 Å². The molecule has 0 aromatic rings. The maximum Gasteiger partial charge on any atom is 0.0754 e. The number of nitrogens with one attached hydrogen (secondary N) is 1. The second-order valence-electron chi connectivity index (χ2n) is 3.71. The zero-order chi connectivity index (χ0) is 10.6. The number of aliphatic hydroxyl groups excluding tert-OH is 1. The normalized spacial score (nSPS) is 28.4. The second-order valence-corrected chi connectivity index (χ2v) is 5.05. The molecule has 0 aliphatic carbocycles. The lowest BCUT2D eigenvalue weighted by Crippen LogP contribution is -2.40. The summed E-state index contributed by atoms with van der Waals surface area (Å²) in [6.07, 6.45) is 4.59. The van der Waals surface area contributed by atoms with E-state index in [1.54, 1.807) is 0 Å². The number of aliphatic hydroxyl groups is 1. The Bertz CT molecular complexity index is 208. The maximum atomic E-state index is 9.87. The third-order valence-corrected chi connectivity index (χ3v) is 4.14. The summed E-state index contributed by atoms with van der Waals surface area (Å²) in [6.45, 7) is 2.78. The van der Waals surface area contributed by atoms with E-state index >= 15 is 0 Å². The number of hydrogen-bond donors (Lipinski definition) is 3. The Morgan fingerprint density at radius 3 is 3.00 bits per heavy atom. The predicted octanol–water partition coefficient (Wildman–Crippen LogP) is 1.16. The van der Waals surface area contributed by atoms with Crippen molar-refractivity contribution in [3.63, 3.8) is 0 Å². The van der Waals surface area contributed by atoms with E-state index in [9.17, 15) is 5.11 Å². The van der Waals surface area contributed by atoms with Gasteiger partial charge in [0.2, 0.25) is 0 Å². The second kappa shape index (κ2) is 5.92. The van der Waals surface area contributed by atoms with Gasteiger partial charge in [0.1, 0.15) is 0 Å². The molecule has 0 bridgehead atoms. The van der Waals surface area contributed by atoms with Gasteiger partial charge in [-0.05, 0) is 31.2 Å². The summed E-state index contributed by atoms with van der Waals surface area (Å²) in [4.78, 5) is 0. The van der Waals surface area contributed by atoms with Gasteiger partial charge in [-0.15, -0.1) is 0 Å². The minimum Gasteiger partial charge on any atom is -0.391 e. The summed E-state index contributed by atoms with van der Waals surface area (Å²) in [7, 11) is 0. The Morgan fingerprint density at radius 1 is 1.71 bits per heavy atom. The van der Waals surface area contributed by atoms with Crippen LogP contribution in [-0.4, -0.2) is 27.7 Å². The van der Waals surface area contributed by atoms with Gasteiger partial charge in [-0.25, -0.2) is 0 Å². The molecule has 3 nitrogen and oxygen atoms in total. The molecular weight excluding hydrogens is 291 g/mol. The van der Waals surface area contributed by atoms with Crippen LogP contribution in [0.3, 0.4) is 0 Å². The van der Waals surface area contributed by atoms with Crippen molar-refractivity contribution in [3.05, 3.63) is 11.8 Å². The molecule has 0 spiro atoms. The molecule has 3 atom stereocenters. The fraction of sp³-hybridized carbons (Fsp3) is 0.800. The smallest absolute Gasteiger partial charge is 0.0754 e. The van der Waals surface area contributed by atoms with Gasteiger partial charge >= 0.3 is 0 Å². The minimum absolute atomic E-state index is 0.178. The van der Waals surface area contributed by atoms with Crippen LogP contribution in [-0.2, 0) is 0 Å². The first-order chi connectivity index (χ1) is 6.70. The van der Waals surface area contributed by atoms with Crippen molar-refractivity contribution < 1.29 is 5.11 Å². The molecule has 0 saturated carbocycles. The summed E-state index contributed by atoms with van der Waals surface area (Å²) in [5, 5.41) is 13.1. The third kappa shape index (κ3) is 2.84. The molecule has 1 rings (SSSR count). The molecular formula is C10H19IN2O. The molecule has 1 heterocycles. The molecule has 0 saturated heterocycles. The largest absolute Gasteiger partial charge is 0.391 e. The van der Waals surface area contributed by atoms with E-state index in [0.717, 1.165) is 19.3 Å². The molecule has 3 unspecified atom stereocenters. The highest BCUT2D eigenvalue weighted by Crippen LogP contribution is 2.27. The third-order valence-electron chi connectivity index (χ3n) is 2.56. The van der Waals surface area contributed by atoms with E-state index in [2.05, 4.69) is 34.8 Å². The first-order valence-electron chi connectivity index (χ1n) is 5.17. The number of nitrogens with two attached hydrogens (primary N) is 1. The van der Waals surface area contributed by atoms with Crippen LogP contribution in [0.2, 0.25) is 0 Å². The zero-order valence-corrected chi connectivity index (χ0v) is 10.7. The van der Waals surface area contributed by atoms with Gasteiger partial charge in [0.25, 0.3) is 0 Å². The fourth-order valence-electron chi connectivity index (χ4n) is 1.76. The van der Waals surface area contributed by atoms with E-state index in [1.807, 2.05) is 6.20 Å². The van der Waals surface area contributed by atoms with E-state index in [0.29, 0.717) is 10.5 Å². The summed E-state index contributed by atoms with van der Waals surface area (Å²) in [5.41, 5.74) is 6.84. The molecule has 0 radical (unpaired) electrons. The monoisotopic (exact) mass is 310 g/mol. The quantitative estimate of drug-likeness (QED) is 0.527. The number of rotatable bonds is 5. The Kier molecular flexibility index (Phi) is 5.19. The van der Waals surface area contributed by atoms with E-state index in [4.69, 9.17) is 5.73 Å². The summed E-state index contributed by atoms with van der Waals surface area (Å²) >= 11 is 2.39. The van der Waals surface area contributed by atoms with Gasteiger partial charge in [0.15, 0.2) is 0 Å². The molecule has 0 amide bonds. The maximum absolute atomic E-state index is 9.87. The topological polar surface area (TPSA) is 58.3 Å². The lowest BCUT2D eigenvalue weighted by molar-refractivity contribution is 0.130. The highest BCUT2D eigenvalue weighted by atomic mass is 127. The predicted molar refractivity (Wildman–Crippen MR) is 67.4 cm³/mol. The molecule has 0 aromatic carbocycles. The van der Waals surface area contributed by atoms with Gasteiger partial charge in [0, 0.05) is 0 Å². The van der Waals surface area contributed by atoms with Gasteiger partial charge in [0.05, 0.1) is 16.1 Å². The van der Waals surface area contributed by atoms with Gasteiger partial charge in [-0.2, -0.15) is 0 Å². The number of hydrogen-bond acceptors (Lipinski definition) is 3. The van der Waals surface area contributed by atoms with Gasteiger partial charge < -0.3 is 16.2 Å². The molecule has 1 aliphatic heterocycles. The highest BCUT2D eigenvalue weighted by Gasteiger charge is 2.31.